The zero-order chi connectivity index (χ0) is 21.5. The number of ether oxygens (including phenoxy) is 1. The minimum Gasteiger partial charge on any atom is -0.483 e. The molecule has 0 aliphatic heterocycles. The largest absolute Gasteiger partial charge is 0.483 e. The number of nitrogens with one attached hydrogen (secondary N) is 2. The highest BCUT2D eigenvalue weighted by Gasteiger charge is 2.15. The summed E-state index contributed by atoms with van der Waals surface area (Å²) in [6, 6.07) is 19.9. The summed E-state index contributed by atoms with van der Waals surface area (Å²) >= 11 is 0. The van der Waals surface area contributed by atoms with Gasteiger partial charge in [0.1, 0.15) is 5.75 Å². The number of anilines is 2. The number of benzene rings is 3. The van der Waals surface area contributed by atoms with Crippen molar-refractivity contribution in [2.24, 2.45) is 0 Å². The smallest absolute Gasteiger partial charge is 0.336 e. The van der Waals surface area contributed by atoms with Crippen LogP contribution in [0, 0.1) is 6.92 Å². The fourth-order valence-electron chi connectivity index (χ4n) is 2.76. The molecule has 0 saturated heterocycles. The second-order valence-electron chi connectivity index (χ2n) is 6.48. The Bertz CT molecular complexity index is 1080. The average Bonchev–Trinajstić information content (AvgIpc) is 2.74. The van der Waals surface area contributed by atoms with Gasteiger partial charge in [-0.15, -0.1) is 0 Å². The third kappa shape index (κ3) is 5.23. The monoisotopic (exact) mass is 404 g/mol. The molecule has 30 heavy (non-hydrogen) atoms. The van der Waals surface area contributed by atoms with Gasteiger partial charge in [0.15, 0.2) is 6.61 Å². The first-order chi connectivity index (χ1) is 14.4. The molecule has 0 radical (unpaired) electrons. The molecule has 3 aromatic carbocycles. The van der Waals surface area contributed by atoms with E-state index >= 15 is 0 Å². The minimum atomic E-state index is -1.17. The van der Waals surface area contributed by atoms with Gasteiger partial charge in [0.05, 0.1) is 11.1 Å². The van der Waals surface area contributed by atoms with Crippen molar-refractivity contribution < 1.29 is 24.2 Å². The van der Waals surface area contributed by atoms with Gasteiger partial charge in [0.25, 0.3) is 11.8 Å². The summed E-state index contributed by atoms with van der Waals surface area (Å²) < 4.78 is 5.51. The Hall–Kier alpha value is -4.13. The van der Waals surface area contributed by atoms with Crippen LogP contribution in [0.4, 0.5) is 11.4 Å². The topological polar surface area (TPSA) is 105 Å². The quantitative estimate of drug-likeness (QED) is 0.553. The van der Waals surface area contributed by atoms with Gasteiger partial charge >= 0.3 is 5.97 Å². The lowest BCUT2D eigenvalue weighted by Crippen LogP contribution is -2.20. The van der Waals surface area contributed by atoms with Crippen LogP contribution in [0.2, 0.25) is 0 Å². The van der Waals surface area contributed by atoms with Crippen molar-refractivity contribution >= 4 is 29.2 Å². The fourth-order valence-corrected chi connectivity index (χ4v) is 2.76. The summed E-state index contributed by atoms with van der Waals surface area (Å²) in [5.41, 5.74) is 1.94. The predicted molar refractivity (Wildman–Crippen MR) is 113 cm³/mol. The Labute approximate surface area is 173 Å². The van der Waals surface area contributed by atoms with Crippen molar-refractivity contribution in [1.29, 1.82) is 0 Å². The molecule has 0 saturated carbocycles. The minimum absolute atomic E-state index is 0.0655. The molecule has 0 aliphatic rings. The number of hydrogen-bond acceptors (Lipinski definition) is 4. The second-order valence-corrected chi connectivity index (χ2v) is 6.48. The van der Waals surface area contributed by atoms with E-state index in [9.17, 15) is 19.5 Å². The van der Waals surface area contributed by atoms with Gasteiger partial charge in [-0.1, -0.05) is 30.3 Å². The maximum absolute atomic E-state index is 12.4. The van der Waals surface area contributed by atoms with Gasteiger partial charge in [-0.25, -0.2) is 4.79 Å². The standard InChI is InChI=1S/C23H20N2O5/c1-15-6-2-5-9-20(15)30-14-21(26)24-16-10-12-17(13-11-16)25-22(27)18-7-3-4-8-19(18)23(28)29/h2-13H,14H2,1H3,(H,24,26)(H,25,27)(H,28,29). The van der Waals surface area contributed by atoms with Crippen LogP contribution in [-0.2, 0) is 4.79 Å². The molecule has 7 heteroatoms. The van der Waals surface area contributed by atoms with E-state index in [0.29, 0.717) is 17.1 Å². The van der Waals surface area contributed by atoms with Crippen molar-refractivity contribution in [3.63, 3.8) is 0 Å². The number of aryl methyl sites for hydroxylation is 1. The van der Waals surface area contributed by atoms with E-state index in [1.165, 1.54) is 12.1 Å². The Morgan fingerprint density at radius 2 is 1.37 bits per heavy atom. The second kappa shape index (κ2) is 9.38. The first kappa shape index (κ1) is 20.6. The van der Waals surface area contributed by atoms with E-state index in [2.05, 4.69) is 10.6 Å². The number of carboxylic acid groups (broad SMARTS) is 1. The van der Waals surface area contributed by atoms with Gasteiger partial charge in [-0.2, -0.15) is 0 Å². The van der Waals surface area contributed by atoms with E-state index in [-0.39, 0.29) is 23.6 Å². The third-order valence-electron chi connectivity index (χ3n) is 4.28. The highest BCUT2D eigenvalue weighted by Crippen LogP contribution is 2.18. The molecule has 0 aromatic heterocycles. The van der Waals surface area contributed by atoms with E-state index in [0.717, 1.165) is 5.56 Å². The zero-order valence-electron chi connectivity index (χ0n) is 16.2. The Morgan fingerprint density at radius 3 is 2.00 bits per heavy atom. The molecule has 0 heterocycles. The van der Waals surface area contributed by atoms with Crippen molar-refractivity contribution in [2.45, 2.75) is 6.92 Å². The maximum Gasteiger partial charge on any atom is 0.336 e. The van der Waals surface area contributed by atoms with E-state index in [1.807, 2.05) is 25.1 Å². The number of rotatable bonds is 7. The molecule has 0 fully saturated rings. The van der Waals surface area contributed by atoms with Crippen molar-refractivity contribution in [2.75, 3.05) is 17.2 Å². The van der Waals surface area contributed by atoms with Gasteiger partial charge in [0.2, 0.25) is 0 Å². The number of carbonyl (C=O) groups is 3. The molecule has 0 aliphatic carbocycles. The van der Waals surface area contributed by atoms with E-state index in [1.54, 1.807) is 42.5 Å². The fraction of sp³-hybridized carbons (Fsp3) is 0.0870. The molecule has 2 amide bonds. The number of hydrogen-bond donors (Lipinski definition) is 3. The summed E-state index contributed by atoms with van der Waals surface area (Å²) in [6.07, 6.45) is 0. The predicted octanol–water partition coefficient (Wildman–Crippen LogP) is 3.96. The molecular formula is C23H20N2O5. The van der Waals surface area contributed by atoms with Crippen molar-refractivity contribution in [3.8, 4) is 5.75 Å². The Kier molecular flexibility index (Phi) is 6.44. The van der Waals surface area contributed by atoms with Crippen LogP contribution in [0.3, 0.4) is 0 Å². The molecule has 0 atom stereocenters. The first-order valence-electron chi connectivity index (χ1n) is 9.16. The molecule has 7 nitrogen and oxygen atoms in total. The number of carboxylic acids is 1. The SMILES string of the molecule is Cc1ccccc1OCC(=O)Nc1ccc(NC(=O)c2ccccc2C(=O)O)cc1. The van der Waals surface area contributed by atoms with Gasteiger partial charge in [-0.05, 0) is 55.0 Å². The summed E-state index contributed by atoms with van der Waals surface area (Å²) in [5, 5.41) is 14.6. The highest BCUT2D eigenvalue weighted by molar-refractivity contribution is 6.10. The van der Waals surface area contributed by atoms with Crippen LogP contribution < -0.4 is 15.4 Å². The summed E-state index contributed by atoms with van der Waals surface area (Å²) in [7, 11) is 0. The third-order valence-corrected chi connectivity index (χ3v) is 4.28. The van der Waals surface area contributed by atoms with E-state index in [4.69, 9.17) is 4.74 Å². The van der Waals surface area contributed by atoms with Crippen LogP contribution in [-0.4, -0.2) is 29.5 Å². The van der Waals surface area contributed by atoms with Crippen LogP contribution in [0.1, 0.15) is 26.3 Å². The molecule has 3 aromatic rings. The lowest BCUT2D eigenvalue weighted by molar-refractivity contribution is -0.118. The zero-order valence-corrected chi connectivity index (χ0v) is 16.2. The Balaban J connectivity index is 1.57. The molecular weight excluding hydrogens is 384 g/mol. The maximum atomic E-state index is 12.4. The average molecular weight is 404 g/mol. The van der Waals surface area contributed by atoms with Crippen molar-refractivity contribution in [1.82, 2.24) is 0 Å². The molecule has 3 rings (SSSR count). The summed E-state index contributed by atoms with van der Waals surface area (Å²) in [5.74, 6) is -1.37. The highest BCUT2D eigenvalue weighted by atomic mass is 16.5. The number of amides is 2. The lowest BCUT2D eigenvalue weighted by atomic mass is 10.1. The number of carbonyl (C=O) groups excluding carboxylic acids is 2. The normalized spacial score (nSPS) is 10.2. The van der Waals surface area contributed by atoms with Crippen LogP contribution in [0.5, 0.6) is 5.75 Å². The summed E-state index contributed by atoms with van der Waals surface area (Å²) in [4.78, 5) is 35.7. The van der Waals surface area contributed by atoms with Crippen LogP contribution in [0.15, 0.2) is 72.8 Å². The number of para-hydroxylation sites is 1. The molecule has 0 spiro atoms. The van der Waals surface area contributed by atoms with Crippen LogP contribution >= 0.6 is 0 Å². The Morgan fingerprint density at radius 1 is 0.800 bits per heavy atom. The molecule has 0 bridgehead atoms. The first-order valence-corrected chi connectivity index (χ1v) is 9.16. The molecule has 3 N–H and O–H groups in total. The van der Waals surface area contributed by atoms with Crippen molar-refractivity contribution in [3.05, 3.63) is 89.5 Å². The number of aromatic carboxylic acids is 1. The van der Waals surface area contributed by atoms with Gasteiger partial charge in [0, 0.05) is 11.4 Å². The molecule has 152 valence electrons. The molecule has 0 unspecified atom stereocenters. The van der Waals surface area contributed by atoms with E-state index < -0.39 is 11.9 Å². The van der Waals surface area contributed by atoms with Gasteiger partial charge < -0.3 is 20.5 Å². The summed E-state index contributed by atoms with van der Waals surface area (Å²) in [6.45, 7) is 1.77. The lowest BCUT2D eigenvalue weighted by Gasteiger charge is -2.11. The van der Waals surface area contributed by atoms with Crippen LogP contribution in [0.25, 0.3) is 0 Å². The van der Waals surface area contributed by atoms with Gasteiger partial charge in [-0.3, -0.25) is 9.59 Å².